The summed E-state index contributed by atoms with van der Waals surface area (Å²) in [6.07, 6.45) is 0. The van der Waals surface area contributed by atoms with Crippen molar-refractivity contribution >= 4 is 24.0 Å². The lowest BCUT2D eigenvalue weighted by Gasteiger charge is -1.97. The molecule has 0 saturated carbocycles. The molecule has 0 aliphatic rings. The van der Waals surface area contributed by atoms with Crippen LogP contribution in [0.2, 0.25) is 5.15 Å². The van der Waals surface area contributed by atoms with Crippen LogP contribution in [0, 0.1) is 0 Å². The van der Waals surface area contributed by atoms with Gasteiger partial charge in [-0.1, -0.05) is 11.6 Å². The van der Waals surface area contributed by atoms with Crippen LogP contribution in [-0.4, -0.2) is 16.8 Å². The van der Waals surface area contributed by atoms with Gasteiger partial charge >= 0.3 is 0 Å². The smallest absolute Gasteiger partial charge is 0.151 e. The van der Waals surface area contributed by atoms with Gasteiger partial charge in [-0.2, -0.15) is 5.10 Å². The first-order chi connectivity index (χ1) is 4.74. The molecule has 0 radical (unpaired) electrons. The number of aryl methyl sites for hydroxylation is 1. The van der Waals surface area contributed by atoms with Crippen LogP contribution in [0.4, 0.5) is 0 Å². The Morgan fingerprint density at radius 1 is 1.73 bits per heavy atom. The molecule has 1 aromatic heterocycles. The summed E-state index contributed by atoms with van der Waals surface area (Å²) in [7, 11) is 3.76. The van der Waals surface area contributed by atoms with Crippen molar-refractivity contribution in [1.82, 2.24) is 15.1 Å². The van der Waals surface area contributed by atoms with E-state index in [4.69, 9.17) is 11.6 Å². The summed E-state index contributed by atoms with van der Waals surface area (Å²) in [5.41, 5.74) is 1.09. The summed E-state index contributed by atoms with van der Waals surface area (Å²) in [4.78, 5) is 0. The molecule has 0 aromatic carbocycles. The minimum absolute atomic E-state index is 0. The quantitative estimate of drug-likeness (QED) is 0.770. The Labute approximate surface area is 77.1 Å². The Morgan fingerprint density at radius 3 is 2.73 bits per heavy atom. The van der Waals surface area contributed by atoms with Crippen molar-refractivity contribution < 1.29 is 0 Å². The molecule has 1 N–H and O–H groups in total. The minimum atomic E-state index is 0. The van der Waals surface area contributed by atoms with Crippen LogP contribution in [0.1, 0.15) is 5.69 Å². The van der Waals surface area contributed by atoms with Crippen molar-refractivity contribution in [2.45, 2.75) is 6.54 Å². The standard InChI is InChI=1S/C6H10ClN3.ClH/c1-8-4-5-3-6(7)9-10(5)2;/h3,8H,4H2,1-2H3;1H. The van der Waals surface area contributed by atoms with E-state index in [9.17, 15) is 0 Å². The number of nitrogens with one attached hydrogen (secondary N) is 1. The molecule has 0 spiro atoms. The fourth-order valence-electron chi connectivity index (χ4n) is 0.814. The van der Waals surface area contributed by atoms with E-state index in [1.165, 1.54) is 0 Å². The van der Waals surface area contributed by atoms with Gasteiger partial charge in [0.1, 0.15) is 0 Å². The molecule has 0 aliphatic heterocycles. The molecule has 1 heterocycles. The average molecular weight is 196 g/mol. The number of hydrogen-bond acceptors (Lipinski definition) is 2. The highest BCUT2D eigenvalue weighted by molar-refractivity contribution is 6.29. The third kappa shape index (κ3) is 2.69. The average Bonchev–Trinajstić information content (AvgIpc) is 2.13. The van der Waals surface area contributed by atoms with Gasteiger partial charge in [0.25, 0.3) is 0 Å². The van der Waals surface area contributed by atoms with E-state index in [1.807, 2.05) is 20.2 Å². The van der Waals surface area contributed by atoms with Crippen LogP contribution in [0.3, 0.4) is 0 Å². The van der Waals surface area contributed by atoms with Gasteiger partial charge < -0.3 is 5.32 Å². The predicted octanol–water partition coefficient (Wildman–Crippen LogP) is 1.21. The molecular weight excluding hydrogens is 185 g/mol. The van der Waals surface area contributed by atoms with E-state index >= 15 is 0 Å². The third-order valence-electron chi connectivity index (χ3n) is 1.30. The van der Waals surface area contributed by atoms with Crippen molar-refractivity contribution in [3.05, 3.63) is 16.9 Å². The molecule has 11 heavy (non-hydrogen) atoms. The van der Waals surface area contributed by atoms with Crippen LogP contribution < -0.4 is 5.32 Å². The van der Waals surface area contributed by atoms with Crippen LogP contribution in [0.25, 0.3) is 0 Å². The molecule has 1 aromatic rings. The Morgan fingerprint density at radius 2 is 2.36 bits per heavy atom. The Kier molecular flexibility index (Phi) is 4.49. The highest BCUT2D eigenvalue weighted by Crippen LogP contribution is 2.07. The summed E-state index contributed by atoms with van der Waals surface area (Å²) in [5.74, 6) is 0. The number of nitrogens with zero attached hydrogens (tertiary/aromatic N) is 2. The van der Waals surface area contributed by atoms with Gasteiger partial charge in [-0.25, -0.2) is 0 Å². The van der Waals surface area contributed by atoms with E-state index in [0.29, 0.717) is 5.15 Å². The molecule has 0 aliphatic carbocycles. The molecule has 64 valence electrons. The lowest BCUT2D eigenvalue weighted by molar-refractivity contribution is 0.672. The summed E-state index contributed by atoms with van der Waals surface area (Å²) >= 11 is 5.64. The maximum Gasteiger partial charge on any atom is 0.151 e. The lowest BCUT2D eigenvalue weighted by Crippen LogP contribution is -2.09. The van der Waals surface area contributed by atoms with E-state index in [-0.39, 0.29) is 12.4 Å². The first-order valence-electron chi connectivity index (χ1n) is 3.07. The number of halogens is 2. The van der Waals surface area contributed by atoms with Crippen molar-refractivity contribution in [2.24, 2.45) is 7.05 Å². The van der Waals surface area contributed by atoms with Gasteiger partial charge in [-0.3, -0.25) is 4.68 Å². The first kappa shape index (κ1) is 10.8. The van der Waals surface area contributed by atoms with E-state index in [1.54, 1.807) is 4.68 Å². The fourth-order valence-corrected chi connectivity index (χ4v) is 1.05. The molecule has 1 rings (SSSR count). The summed E-state index contributed by atoms with van der Waals surface area (Å²) in [5, 5.41) is 7.54. The summed E-state index contributed by atoms with van der Waals surface area (Å²) in [6, 6.07) is 1.85. The van der Waals surface area contributed by atoms with Crippen LogP contribution in [0.15, 0.2) is 6.07 Å². The van der Waals surface area contributed by atoms with Crippen molar-refractivity contribution in [3.8, 4) is 0 Å². The number of hydrogen-bond donors (Lipinski definition) is 1. The zero-order valence-corrected chi connectivity index (χ0v) is 8.04. The minimum Gasteiger partial charge on any atom is -0.314 e. The first-order valence-corrected chi connectivity index (χ1v) is 3.45. The number of rotatable bonds is 2. The second-order valence-electron chi connectivity index (χ2n) is 2.11. The fraction of sp³-hybridized carbons (Fsp3) is 0.500. The lowest BCUT2D eigenvalue weighted by atomic mass is 10.4. The molecule has 3 nitrogen and oxygen atoms in total. The molecule has 5 heteroatoms. The maximum absolute atomic E-state index is 5.64. The normalized spacial score (nSPS) is 9.36. The Hall–Kier alpha value is -0.250. The second kappa shape index (κ2) is 4.59. The molecular formula is C6H11Cl2N3. The highest BCUT2D eigenvalue weighted by Gasteiger charge is 1.99. The predicted molar refractivity (Wildman–Crippen MR) is 48.2 cm³/mol. The Balaban J connectivity index is 0.000001000. The van der Waals surface area contributed by atoms with Gasteiger partial charge in [0.2, 0.25) is 0 Å². The summed E-state index contributed by atoms with van der Waals surface area (Å²) < 4.78 is 1.76. The molecule has 0 unspecified atom stereocenters. The topological polar surface area (TPSA) is 29.9 Å². The molecule has 0 saturated heterocycles. The van der Waals surface area contributed by atoms with Crippen LogP contribution in [-0.2, 0) is 13.6 Å². The van der Waals surface area contributed by atoms with Crippen molar-refractivity contribution in [2.75, 3.05) is 7.05 Å². The van der Waals surface area contributed by atoms with Gasteiger partial charge in [0, 0.05) is 13.6 Å². The van der Waals surface area contributed by atoms with E-state index in [0.717, 1.165) is 12.2 Å². The van der Waals surface area contributed by atoms with Gasteiger partial charge in [-0.05, 0) is 13.1 Å². The van der Waals surface area contributed by atoms with Gasteiger partial charge in [-0.15, -0.1) is 12.4 Å². The molecule has 0 fully saturated rings. The zero-order chi connectivity index (χ0) is 7.56. The van der Waals surface area contributed by atoms with Gasteiger partial charge in [0.05, 0.1) is 5.69 Å². The number of aromatic nitrogens is 2. The van der Waals surface area contributed by atoms with Gasteiger partial charge in [0.15, 0.2) is 5.15 Å². The Bertz CT molecular complexity index is 222. The van der Waals surface area contributed by atoms with Crippen molar-refractivity contribution in [1.29, 1.82) is 0 Å². The highest BCUT2D eigenvalue weighted by atomic mass is 35.5. The summed E-state index contributed by atoms with van der Waals surface area (Å²) in [6.45, 7) is 0.802. The third-order valence-corrected chi connectivity index (χ3v) is 1.49. The molecule has 0 amide bonds. The maximum atomic E-state index is 5.64. The SMILES string of the molecule is CNCc1cc(Cl)nn1C.Cl. The molecule has 0 bridgehead atoms. The second-order valence-corrected chi connectivity index (χ2v) is 2.50. The van der Waals surface area contributed by atoms with Crippen LogP contribution >= 0.6 is 24.0 Å². The largest absolute Gasteiger partial charge is 0.314 e. The molecule has 0 atom stereocenters. The van der Waals surface area contributed by atoms with Crippen molar-refractivity contribution in [3.63, 3.8) is 0 Å². The zero-order valence-electron chi connectivity index (χ0n) is 6.47. The van der Waals surface area contributed by atoms with E-state index < -0.39 is 0 Å². The van der Waals surface area contributed by atoms with Crippen LogP contribution in [0.5, 0.6) is 0 Å². The van der Waals surface area contributed by atoms with E-state index in [2.05, 4.69) is 10.4 Å². The monoisotopic (exact) mass is 195 g/mol.